The minimum Gasteiger partial charge on any atom is -0.480 e. The maximum Gasteiger partial charge on any atom is 0.338 e. The number of nitrogens with two attached hydrogens (primary N) is 2. The maximum atomic E-state index is 12.8. The molecule has 0 unspecified atom stereocenters. The molecule has 0 aromatic heterocycles. The van der Waals surface area contributed by atoms with Crippen molar-refractivity contribution in [3.63, 3.8) is 0 Å². The Morgan fingerprint density at radius 2 is 0.838 bits per heavy atom. The SMILES string of the molecule is N[C@@H](CCC(=O)N[C@@H](CSc1ccc(C(=O)OCCOC(=O)c2cccc(C(=O)OCCOC(=O)c3ccc(SC[C@H](NC(=O)CC[C@H](N)C(=O)O)C(=O)NCC(=O)O)c([N+](=O)[O-])c3)c2)cc1[N+](=O)[O-])C(=O)NCC(=O)O)C(=O)O. The second-order valence-corrected chi connectivity index (χ2v) is 18.2. The van der Waals surface area contributed by atoms with Crippen LogP contribution in [0.1, 0.15) is 67.1 Å². The largest absolute Gasteiger partial charge is 0.480 e. The molecule has 32 nitrogen and oxygen atoms in total. The monoisotopic (exact) mass is 1160 g/mol. The van der Waals surface area contributed by atoms with Gasteiger partial charge in [0.25, 0.3) is 11.4 Å². The first kappa shape index (κ1) is 65.0. The Bertz CT molecular complexity index is 2690. The molecule has 3 aromatic carbocycles. The van der Waals surface area contributed by atoms with Gasteiger partial charge in [-0.15, -0.1) is 23.5 Å². The summed E-state index contributed by atoms with van der Waals surface area (Å²) < 4.78 is 20.4. The van der Waals surface area contributed by atoms with Crippen molar-refractivity contribution >= 4 is 106 Å². The van der Waals surface area contributed by atoms with Crippen LogP contribution in [-0.4, -0.2) is 177 Å². The number of nitro groups is 2. The van der Waals surface area contributed by atoms with Gasteiger partial charge >= 0.3 is 47.8 Å². The molecule has 430 valence electrons. The average Bonchev–Trinajstić information content (AvgIpc) is 3.42. The van der Waals surface area contributed by atoms with Crippen LogP contribution in [0.25, 0.3) is 0 Å². The molecule has 3 aromatic rings. The number of rotatable bonds is 34. The van der Waals surface area contributed by atoms with Gasteiger partial charge in [0, 0.05) is 36.5 Å². The topological polar surface area (TPSA) is 509 Å². The van der Waals surface area contributed by atoms with Crippen LogP contribution >= 0.6 is 23.5 Å². The summed E-state index contributed by atoms with van der Waals surface area (Å²) in [5.74, 6) is -14.1. The van der Waals surface area contributed by atoms with E-state index in [0.717, 1.165) is 42.5 Å². The molecule has 0 spiro atoms. The lowest BCUT2D eigenvalue weighted by molar-refractivity contribution is -0.387. The van der Waals surface area contributed by atoms with Gasteiger partial charge in [0.1, 0.15) is 63.7 Å². The van der Waals surface area contributed by atoms with Crippen LogP contribution in [0.3, 0.4) is 0 Å². The number of carbonyl (C=O) groups excluding carboxylic acids is 8. The van der Waals surface area contributed by atoms with E-state index in [1.165, 1.54) is 18.2 Å². The normalized spacial score (nSPS) is 12.1. The van der Waals surface area contributed by atoms with Gasteiger partial charge in [-0.3, -0.25) is 58.6 Å². The van der Waals surface area contributed by atoms with E-state index in [1.807, 2.05) is 0 Å². The third kappa shape index (κ3) is 22.4. The molecule has 0 aliphatic heterocycles. The van der Waals surface area contributed by atoms with Crippen LogP contribution in [0.2, 0.25) is 0 Å². The van der Waals surface area contributed by atoms with Crippen LogP contribution in [0.5, 0.6) is 0 Å². The maximum absolute atomic E-state index is 12.8. The molecule has 3 rings (SSSR count). The number of thioether (sulfide) groups is 2. The summed E-state index contributed by atoms with van der Waals surface area (Å²) >= 11 is 1.37. The molecular weight excluding hydrogens is 1110 g/mol. The van der Waals surface area contributed by atoms with Crippen LogP contribution in [0, 0.1) is 20.2 Å². The highest BCUT2D eigenvalue weighted by atomic mass is 32.2. The summed E-state index contributed by atoms with van der Waals surface area (Å²) in [6, 6.07) is 5.49. The number of benzene rings is 3. The standard InChI is InChI=1S/C46H50N8O24S2/c47-27(41(63)64)6-10-35(55)51-29(39(61)49-19-37(57)58)21-79-33-8-4-25(17-31(33)53(71)72)45(69)77-14-12-75-43(67)23-2-1-3-24(16-23)44(68)76-13-15-78-46(70)26-5-9-34(32(18-26)54(73)74)80-22-30(40(62)50-20-38(59)60)52-36(56)11-7-28(48)42(65)66/h1-5,8-9,16-18,27-30H,6-7,10-15,19-22,47-48H2,(H,49,61)(H,50,62)(H,51,55)(H,52,56)(H,57,58)(H,59,60)(H,63,64)(H,65,66)/t27-,28-,29-,30-/m0/s1. The second-order valence-electron chi connectivity index (χ2n) is 16.1. The Morgan fingerprint density at radius 3 is 1.14 bits per heavy atom. The Labute approximate surface area is 458 Å². The fourth-order valence-corrected chi connectivity index (χ4v) is 8.15. The zero-order chi connectivity index (χ0) is 59.6. The Balaban J connectivity index is 1.53. The van der Waals surface area contributed by atoms with Gasteiger partial charge in [0.2, 0.25) is 23.6 Å². The van der Waals surface area contributed by atoms with Gasteiger partial charge in [-0.05, 0) is 55.3 Å². The van der Waals surface area contributed by atoms with Crippen molar-refractivity contribution in [2.45, 2.75) is 59.6 Å². The van der Waals surface area contributed by atoms with Crippen LogP contribution in [0.4, 0.5) is 11.4 Å². The summed E-state index contributed by atoms with van der Waals surface area (Å²) in [5.41, 5.74) is 8.59. The van der Waals surface area contributed by atoms with Crippen molar-refractivity contribution in [1.82, 2.24) is 21.3 Å². The quantitative estimate of drug-likeness (QED) is 0.00897. The number of nitrogens with zero attached hydrogens (tertiary/aromatic N) is 2. The molecule has 0 bridgehead atoms. The number of amides is 4. The van der Waals surface area contributed by atoms with E-state index in [1.54, 1.807) is 0 Å². The minimum atomic E-state index is -1.46. The van der Waals surface area contributed by atoms with E-state index in [9.17, 15) is 77.8 Å². The molecular formula is C46H50N8O24S2. The Hall–Kier alpha value is -9.28. The first-order valence-electron chi connectivity index (χ1n) is 22.9. The van der Waals surface area contributed by atoms with E-state index in [-0.39, 0.29) is 56.4 Å². The van der Waals surface area contributed by atoms with E-state index >= 15 is 0 Å². The van der Waals surface area contributed by atoms with Crippen molar-refractivity contribution in [3.05, 3.63) is 103 Å². The minimum absolute atomic E-state index is 0.0935. The summed E-state index contributed by atoms with van der Waals surface area (Å²) in [4.78, 5) is 167. The molecule has 34 heteroatoms. The number of nitrogens with one attached hydrogen (secondary N) is 4. The molecule has 0 fully saturated rings. The van der Waals surface area contributed by atoms with E-state index in [0.29, 0.717) is 23.5 Å². The van der Waals surface area contributed by atoms with Gasteiger partial charge in [-0.25, -0.2) is 19.2 Å². The highest BCUT2D eigenvalue weighted by molar-refractivity contribution is 7.99. The number of hydrogen-bond acceptors (Lipinski definition) is 24. The third-order valence-electron chi connectivity index (χ3n) is 10.2. The lowest BCUT2D eigenvalue weighted by Gasteiger charge is -2.18. The first-order valence-corrected chi connectivity index (χ1v) is 24.9. The molecule has 0 aliphatic carbocycles. The highest BCUT2D eigenvalue weighted by Crippen LogP contribution is 2.32. The van der Waals surface area contributed by atoms with Gasteiger partial charge in [-0.1, -0.05) is 6.07 Å². The molecule has 0 radical (unpaired) electrons. The zero-order valence-electron chi connectivity index (χ0n) is 41.4. The molecule has 0 heterocycles. The van der Waals surface area contributed by atoms with Crippen molar-refractivity contribution in [1.29, 1.82) is 0 Å². The average molecular weight is 1160 g/mol. The number of carboxylic acids is 4. The number of esters is 4. The Morgan fingerprint density at radius 1 is 0.512 bits per heavy atom. The van der Waals surface area contributed by atoms with Crippen LogP contribution in [0.15, 0.2) is 70.5 Å². The Kier molecular flexibility index (Phi) is 26.4. The lowest BCUT2D eigenvalue weighted by Crippen LogP contribution is -2.49. The van der Waals surface area contributed by atoms with E-state index in [4.69, 9.17) is 50.8 Å². The third-order valence-corrected chi connectivity index (χ3v) is 12.5. The smallest absolute Gasteiger partial charge is 0.338 e. The summed E-state index contributed by atoms with van der Waals surface area (Å²) in [6.07, 6.45) is -1.47. The van der Waals surface area contributed by atoms with Gasteiger partial charge < -0.3 is 72.1 Å². The summed E-state index contributed by atoms with van der Waals surface area (Å²) in [6.45, 7) is -3.83. The zero-order valence-corrected chi connectivity index (χ0v) is 43.0. The van der Waals surface area contributed by atoms with E-state index in [2.05, 4.69) is 21.3 Å². The number of aliphatic carboxylic acids is 4. The number of ether oxygens (including phenoxy) is 4. The second kappa shape index (κ2) is 32.5. The fraction of sp³-hybridized carbons (Fsp3) is 0.348. The van der Waals surface area contributed by atoms with Gasteiger partial charge in [0.15, 0.2) is 0 Å². The summed E-state index contributed by atoms with van der Waals surface area (Å²) in [5, 5.41) is 68.5. The molecule has 0 aliphatic rings. The van der Waals surface area contributed by atoms with E-state index < -0.39 is 169 Å². The van der Waals surface area contributed by atoms with Gasteiger partial charge in [-0.2, -0.15) is 0 Å². The summed E-state index contributed by atoms with van der Waals surface area (Å²) in [7, 11) is 0. The number of carbonyl (C=O) groups is 12. The molecule has 4 atom stereocenters. The van der Waals surface area contributed by atoms with Crippen molar-refractivity contribution in [2.75, 3.05) is 51.0 Å². The molecule has 0 saturated carbocycles. The number of nitro benzene ring substituents is 2. The lowest BCUT2D eigenvalue weighted by atomic mass is 10.1. The van der Waals surface area contributed by atoms with Crippen molar-refractivity contribution in [2.24, 2.45) is 11.5 Å². The first-order chi connectivity index (χ1) is 37.8. The number of carboxylic acid groups (broad SMARTS) is 4. The molecule has 0 saturated heterocycles. The molecule has 4 amide bonds. The van der Waals surface area contributed by atoms with Crippen LogP contribution in [-0.2, 0) is 57.3 Å². The number of hydrogen-bond donors (Lipinski definition) is 10. The molecule has 80 heavy (non-hydrogen) atoms. The fourth-order valence-electron chi connectivity index (χ4n) is 6.10. The predicted octanol–water partition coefficient (Wildman–Crippen LogP) is -0.530. The van der Waals surface area contributed by atoms with Crippen molar-refractivity contribution < 1.29 is 107 Å². The predicted molar refractivity (Wildman–Crippen MR) is 270 cm³/mol. The van der Waals surface area contributed by atoms with Crippen molar-refractivity contribution in [3.8, 4) is 0 Å². The van der Waals surface area contributed by atoms with Gasteiger partial charge in [0.05, 0.1) is 41.9 Å². The van der Waals surface area contributed by atoms with Crippen LogP contribution < -0.4 is 32.7 Å². The molecule has 12 N–H and O–H groups in total. The highest BCUT2D eigenvalue weighted by Gasteiger charge is 2.28.